The predicted octanol–water partition coefficient (Wildman–Crippen LogP) is 1.48. The Balaban J connectivity index is 0.00000144. The van der Waals surface area contributed by atoms with Gasteiger partial charge in [0.05, 0.1) is 7.11 Å². The van der Waals surface area contributed by atoms with Gasteiger partial charge in [-0.25, -0.2) is 4.79 Å². The summed E-state index contributed by atoms with van der Waals surface area (Å²) in [5.74, 6) is 0. The van der Waals surface area contributed by atoms with Crippen molar-refractivity contribution in [3.05, 3.63) is 17.9 Å². The summed E-state index contributed by atoms with van der Waals surface area (Å²) in [7, 11) is 1.39. The monoisotopic (exact) mass is 167 g/mol. The van der Waals surface area contributed by atoms with Crippen LogP contribution in [0.15, 0.2) is 11.3 Å². The Hall–Kier alpha value is -1.21. The molecule has 0 spiro atoms. The van der Waals surface area contributed by atoms with Crippen LogP contribution < -0.4 is 0 Å². The van der Waals surface area contributed by atoms with E-state index in [0.29, 0.717) is 13.1 Å². The standard InChI is InChI=1S/C9H12NO2.H/c1-3-8-4-6-10(7-5-8)9(11)12-2;/h1H,4-7H2,2H3;. The number of piperidine rings is 1. The van der Waals surface area contributed by atoms with Crippen LogP contribution in [-0.2, 0) is 4.74 Å². The minimum Gasteiger partial charge on any atom is -0.453 e. The van der Waals surface area contributed by atoms with E-state index < -0.39 is 0 Å². The van der Waals surface area contributed by atoms with Crippen molar-refractivity contribution in [1.82, 2.24) is 4.90 Å². The van der Waals surface area contributed by atoms with Crippen molar-refractivity contribution in [2.75, 3.05) is 20.2 Å². The molecular weight excluding hydrogens is 154 g/mol. The maximum Gasteiger partial charge on any atom is 0.409 e. The molecule has 1 saturated heterocycles. The molecule has 1 fully saturated rings. The average Bonchev–Trinajstić information content (AvgIpc) is 2.17. The summed E-state index contributed by atoms with van der Waals surface area (Å²) in [6.45, 7) is 6.61. The van der Waals surface area contributed by atoms with Crippen LogP contribution >= 0.6 is 0 Å². The summed E-state index contributed by atoms with van der Waals surface area (Å²) >= 11 is 0. The number of carbonyl (C=O) groups is 1. The molecule has 66 valence electrons. The van der Waals surface area contributed by atoms with E-state index >= 15 is 0 Å². The molecule has 0 aliphatic carbocycles. The fourth-order valence-corrected chi connectivity index (χ4v) is 1.23. The quantitative estimate of drug-likeness (QED) is 0.511. The zero-order valence-corrected chi connectivity index (χ0v) is 7.17. The number of amides is 1. The lowest BCUT2D eigenvalue weighted by Crippen LogP contribution is -2.36. The Labute approximate surface area is 73.8 Å². The van der Waals surface area contributed by atoms with Crippen LogP contribution in [0.2, 0.25) is 0 Å². The minimum atomic E-state index is -0.258. The maximum absolute atomic E-state index is 11.0. The van der Waals surface area contributed by atoms with Crippen molar-refractivity contribution in [3.8, 4) is 0 Å². The van der Waals surface area contributed by atoms with E-state index in [2.05, 4.69) is 10.5 Å². The molecule has 1 aliphatic heterocycles. The molecule has 12 heavy (non-hydrogen) atoms. The molecule has 0 aromatic carbocycles. The van der Waals surface area contributed by atoms with Crippen LogP contribution in [0.3, 0.4) is 0 Å². The third-order valence-corrected chi connectivity index (χ3v) is 2.00. The second-order valence-electron chi connectivity index (χ2n) is 2.70. The van der Waals surface area contributed by atoms with Crippen LogP contribution in [-0.4, -0.2) is 31.2 Å². The maximum atomic E-state index is 11.0. The molecule has 0 aromatic heterocycles. The molecule has 3 heteroatoms. The normalized spacial score (nSPS) is 17.1. The van der Waals surface area contributed by atoms with Gasteiger partial charge >= 0.3 is 6.09 Å². The zero-order valence-electron chi connectivity index (χ0n) is 8.17. The summed E-state index contributed by atoms with van der Waals surface area (Å²) in [5.41, 5.74) is 3.71. The molecule has 0 aromatic rings. The molecular formula is C9H13NO2. The van der Waals surface area contributed by atoms with Gasteiger partial charge < -0.3 is 9.64 Å². The van der Waals surface area contributed by atoms with Gasteiger partial charge in [0.2, 0.25) is 0 Å². The highest BCUT2D eigenvalue weighted by Crippen LogP contribution is 2.14. The second-order valence-corrected chi connectivity index (χ2v) is 2.70. The first-order valence-corrected chi connectivity index (χ1v) is 3.92. The number of rotatable bonds is 0. The molecule has 3 nitrogen and oxygen atoms in total. The first-order valence-electron chi connectivity index (χ1n) is 3.92. The summed E-state index contributed by atoms with van der Waals surface area (Å²) in [6.07, 6.45) is 1.36. The summed E-state index contributed by atoms with van der Waals surface area (Å²) in [4.78, 5) is 12.7. The molecule has 0 saturated carbocycles. The topological polar surface area (TPSA) is 29.5 Å². The number of likely N-dealkylation sites (tertiary alicyclic amines) is 1. The molecule has 0 atom stereocenters. The van der Waals surface area contributed by atoms with Crippen LogP contribution in [0.1, 0.15) is 14.3 Å². The number of nitrogens with zero attached hydrogens (tertiary/aromatic N) is 1. The number of hydrogen-bond donors (Lipinski definition) is 0. The van der Waals surface area contributed by atoms with Crippen molar-refractivity contribution in [2.45, 2.75) is 12.8 Å². The van der Waals surface area contributed by atoms with Gasteiger partial charge in [-0.1, -0.05) is 0 Å². The van der Waals surface area contributed by atoms with Crippen LogP contribution in [0.25, 0.3) is 0 Å². The predicted molar refractivity (Wildman–Crippen MR) is 45.7 cm³/mol. The van der Waals surface area contributed by atoms with E-state index in [-0.39, 0.29) is 7.52 Å². The largest absolute Gasteiger partial charge is 0.453 e. The van der Waals surface area contributed by atoms with Gasteiger partial charge in [0.25, 0.3) is 0 Å². The summed E-state index contributed by atoms with van der Waals surface area (Å²) in [6, 6.07) is 0. The van der Waals surface area contributed by atoms with Gasteiger partial charge in [0.15, 0.2) is 0 Å². The molecule has 0 unspecified atom stereocenters. The minimum absolute atomic E-state index is 0. The Kier molecular flexibility index (Phi) is 2.94. The van der Waals surface area contributed by atoms with E-state index in [0.717, 1.165) is 18.4 Å². The molecule has 2 radical (unpaired) electrons. The molecule has 1 amide bonds. The fourth-order valence-electron chi connectivity index (χ4n) is 1.23. The Bertz CT molecular complexity index is 224. The molecule has 1 heterocycles. The van der Waals surface area contributed by atoms with E-state index in [1.165, 1.54) is 7.11 Å². The van der Waals surface area contributed by atoms with Gasteiger partial charge in [-0.15, -0.1) is 5.73 Å². The van der Waals surface area contributed by atoms with E-state index in [9.17, 15) is 4.79 Å². The first kappa shape index (κ1) is 8.88. The molecule has 0 bridgehead atoms. The number of carbonyl (C=O) groups excluding carboxylic acids is 1. The van der Waals surface area contributed by atoms with Crippen LogP contribution in [0.5, 0.6) is 0 Å². The summed E-state index contributed by atoms with van der Waals surface area (Å²) in [5, 5.41) is 0. The third kappa shape index (κ3) is 1.89. The van der Waals surface area contributed by atoms with Crippen molar-refractivity contribution < 1.29 is 11.0 Å². The van der Waals surface area contributed by atoms with E-state index in [1.54, 1.807) is 4.90 Å². The number of hydrogen-bond acceptors (Lipinski definition) is 2. The van der Waals surface area contributed by atoms with Gasteiger partial charge in [-0.2, -0.15) is 0 Å². The third-order valence-electron chi connectivity index (χ3n) is 2.00. The van der Waals surface area contributed by atoms with Crippen molar-refractivity contribution >= 4 is 6.09 Å². The summed E-state index contributed by atoms with van der Waals surface area (Å²) < 4.78 is 4.58. The SMILES string of the molecule is [CH]=C=C1CCN(C(=O)OC)CC1.[H]. The van der Waals surface area contributed by atoms with Crippen LogP contribution in [0.4, 0.5) is 4.79 Å². The van der Waals surface area contributed by atoms with Gasteiger partial charge in [0.1, 0.15) is 0 Å². The Morgan fingerprint density at radius 2 is 2.25 bits per heavy atom. The smallest absolute Gasteiger partial charge is 0.409 e. The second kappa shape index (κ2) is 3.98. The lowest BCUT2D eigenvalue weighted by atomic mass is 10.1. The lowest BCUT2D eigenvalue weighted by Gasteiger charge is -2.25. The molecule has 1 aliphatic rings. The first-order chi connectivity index (χ1) is 5.77. The fraction of sp³-hybridized carbons (Fsp3) is 0.556. The van der Waals surface area contributed by atoms with E-state index in [1.807, 2.05) is 0 Å². The van der Waals surface area contributed by atoms with Gasteiger partial charge in [0, 0.05) is 14.5 Å². The van der Waals surface area contributed by atoms with Crippen molar-refractivity contribution in [2.24, 2.45) is 0 Å². The zero-order chi connectivity index (χ0) is 8.97. The van der Waals surface area contributed by atoms with Gasteiger partial charge in [-0.05, 0) is 25.0 Å². The number of ether oxygens (including phenoxy) is 1. The Morgan fingerprint density at radius 3 is 2.67 bits per heavy atom. The molecule has 0 N–H and O–H groups in total. The highest BCUT2D eigenvalue weighted by molar-refractivity contribution is 5.67. The van der Waals surface area contributed by atoms with E-state index in [4.69, 9.17) is 6.58 Å². The Morgan fingerprint density at radius 1 is 1.67 bits per heavy atom. The lowest BCUT2D eigenvalue weighted by molar-refractivity contribution is 0.120. The highest BCUT2D eigenvalue weighted by Gasteiger charge is 2.18. The van der Waals surface area contributed by atoms with Gasteiger partial charge in [-0.3, -0.25) is 0 Å². The van der Waals surface area contributed by atoms with Crippen molar-refractivity contribution in [3.63, 3.8) is 0 Å². The number of methoxy groups -OCH3 is 1. The van der Waals surface area contributed by atoms with Crippen molar-refractivity contribution in [1.29, 1.82) is 0 Å². The van der Waals surface area contributed by atoms with Crippen LogP contribution in [0, 0.1) is 6.58 Å². The molecule has 1 rings (SSSR count). The highest BCUT2D eigenvalue weighted by atomic mass is 16.5. The average molecular weight is 167 g/mol.